The maximum atomic E-state index is 10.4. The van der Waals surface area contributed by atoms with Gasteiger partial charge in [-0.3, -0.25) is 0 Å². The minimum atomic E-state index is -0.539. The molecule has 1 fully saturated rings. The third-order valence-corrected chi connectivity index (χ3v) is 3.68. The van der Waals surface area contributed by atoms with Crippen LogP contribution in [-0.2, 0) is 0 Å². The third-order valence-electron chi connectivity index (χ3n) is 3.68. The fourth-order valence-electron chi connectivity index (χ4n) is 2.58. The topological polar surface area (TPSA) is 41.9 Å². The van der Waals surface area contributed by atoms with Crippen molar-refractivity contribution in [2.75, 3.05) is 33.9 Å². The molecular weight excluding hydrogens is 242 g/mol. The van der Waals surface area contributed by atoms with Gasteiger partial charge in [0.25, 0.3) is 0 Å². The smallest absolute Gasteiger partial charge is 0.124 e. The largest absolute Gasteiger partial charge is 0.497 e. The van der Waals surface area contributed by atoms with E-state index in [9.17, 15) is 5.11 Å². The maximum Gasteiger partial charge on any atom is 0.124 e. The zero-order valence-corrected chi connectivity index (χ0v) is 11.8. The fraction of sp³-hybridized carbons (Fsp3) is 0.600. The Morgan fingerprint density at radius 2 is 1.89 bits per heavy atom. The van der Waals surface area contributed by atoms with Crippen LogP contribution in [0.1, 0.15) is 30.9 Å². The van der Waals surface area contributed by atoms with Gasteiger partial charge in [0.15, 0.2) is 0 Å². The van der Waals surface area contributed by atoms with Gasteiger partial charge in [-0.1, -0.05) is 6.42 Å². The summed E-state index contributed by atoms with van der Waals surface area (Å²) in [5.41, 5.74) is 0.799. The summed E-state index contributed by atoms with van der Waals surface area (Å²) in [6, 6.07) is 5.54. The van der Waals surface area contributed by atoms with E-state index in [0.717, 1.165) is 24.4 Å². The number of aliphatic hydroxyl groups excluding tert-OH is 1. The molecule has 0 aromatic heterocycles. The Balaban J connectivity index is 2.09. The minimum absolute atomic E-state index is 0.539. The van der Waals surface area contributed by atoms with Crippen molar-refractivity contribution in [3.05, 3.63) is 23.8 Å². The van der Waals surface area contributed by atoms with Gasteiger partial charge in [0.1, 0.15) is 11.5 Å². The first-order valence-electron chi connectivity index (χ1n) is 6.87. The van der Waals surface area contributed by atoms with E-state index in [4.69, 9.17) is 9.47 Å². The van der Waals surface area contributed by atoms with Crippen LogP contribution < -0.4 is 9.47 Å². The molecule has 0 radical (unpaired) electrons. The second kappa shape index (κ2) is 6.78. The summed E-state index contributed by atoms with van der Waals surface area (Å²) in [6.07, 6.45) is 3.21. The van der Waals surface area contributed by atoms with Crippen LogP contribution in [0.2, 0.25) is 0 Å². The number of aliphatic hydroxyl groups is 1. The molecule has 1 atom stereocenters. The van der Waals surface area contributed by atoms with Gasteiger partial charge in [-0.2, -0.15) is 0 Å². The van der Waals surface area contributed by atoms with Crippen molar-refractivity contribution < 1.29 is 14.6 Å². The second-order valence-corrected chi connectivity index (χ2v) is 4.98. The molecule has 0 saturated carbocycles. The van der Waals surface area contributed by atoms with E-state index in [1.54, 1.807) is 14.2 Å². The highest BCUT2D eigenvalue weighted by molar-refractivity contribution is 5.41. The van der Waals surface area contributed by atoms with Gasteiger partial charge in [-0.05, 0) is 44.1 Å². The highest BCUT2D eigenvalue weighted by Crippen LogP contribution is 2.30. The minimum Gasteiger partial charge on any atom is -0.497 e. The predicted octanol–water partition coefficient (Wildman–Crippen LogP) is 2.22. The SMILES string of the molecule is COc1ccc(OC)c(C(O)CN2CCCCC2)c1. The Hall–Kier alpha value is -1.26. The molecule has 0 spiro atoms. The van der Waals surface area contributed by atoms with Crippen LogP contribution in [0.4, 0.5) is 0 Å². The number of ether oxygens (including phenoxy) is 2. The first-order valence-corrected chi connectivity index (χ1v) is 6.87. The number of rotatable bonds is 5. The van der Waals surface area contributed by atoms with Gasteiger partial charge >= 0.3 is 0 Å². The number of methoxy groups -OCH3 is 2. The molecule has 4 heteroatoms. The fourth-order valence-corrected chi connectivity index (χ4v) is 2.58. The summed E-state index contributed by atoms with van der Waals surface area (Å²) in [7, 11) is 3.25. The van der Waals surface area contributed by atoms with Crippen molar-refractivity contribution in [3.63, 3.8) is 0 Å². The predicted molar refractivity (Wildman–Crippen MR) is 74.8 cm³/mol. The monoisotopic (exact) mass is 265 g/mol. The second-order valence-electron chi connectivity index (χ2n) is 4.98. The highest BCUT2D eigenvalue weighted by atomic mass is 16.5. The van der Waals surface area contributed by atoms with Gasteiger partial charge in [0.05, 0.1) is 20.3 Å². The Kier molecular flexibility index (Phi) is 5.05. The average molecular weight is 265 g/mol. The van der Waals surface area contributed by atoms with Gasteiger partial charge in [0.2, 0.25) is 0 Å². The summed E-state index contributed by atoms with van der Waals surface area (Å²) < 4.78 is 10.5. The van der Waals surface area contributed by atoms with E-state index in [0.29, 0.717) is 12.3 Å². The summed E-state index contributed by atoms with van der Waals surface area (Å²) >= 11 is 0. The first kappa shape index (κ1) is 14.2. The van der Waals surface area contributed by atoms with E-state index >= 15 is 0 Å². The Bertz CT molecular complexity index is 402. The number of piperidine rings is 1. The van der Waals surface area contributed by atoms with Gasteiger partial charge in [0, 0.05) is 12.1 Å². The Labute approximate surface area is 114 Å². The number of likely N-dealkylation sites (tertiary alicyclic amines) is 1. The lowest BCUT2D eigenvalue weighted by molar-refractivity contribution is 0.0992. The molecule has 1 saturated heterocycles. The normalized spacial score (nSPS) is 18.1. The quantitative estimate of drug-likeness (QED) is 0.886. The standard InChI is InChI=1S/C15H23NO3/c1-18-12-6-7-15(19-2)13(10-12)14(17)11-16-8-4-3-5-9-16/h6-7,10,14,17H,3-5,8-9,11H2,1-2H3. The molecule has 1 aliphatic heterocycles. The average Bonchev–Trinajstić information content (AvgIpc) is 2.47. The van der Waals surface area contributed by atoms with E-state index in [1.165, 1.54) is 19.3 Å². The molecule has 1 aromatic rings. The van der Waals surface area contributed by atoms with Crippen molar-refractivity contribution in [1.82, 2.24) is 4.90 Å². The molecule has 2 rings (SSSR count). The first-order chi connectivity index (χ1) is 9.24. The molecule has 1 unspecified atom stereocenters. The molecule has 4 nitrogen and oxygen atoms in total. The summed E-state index contributed by atoms with van der Waals surface area (Å²) in [5, 5.41) is 10.4. The number of hydrogen-bond acceptors (Lipinski definition) is 4. The van der Waals surface area contributed by atoms with Gasteiger partial charge in [-0.25, -0.2) is 0 Å². The molecule has 1 N–H and O–H groups in total. The van der Waals surface area contributed by atoms with Crippen molar-refractivity contribution in [2.24, 2.45) is 0 Å². The lowest BCUT2D eigenvalue weighted by Gasteiger charge is -2.29. The van der Waals surface area contributed by atoms with Crippen LogP contribution in [0, 0.1) is 0 Å². The number of β-amino-alcohol motifs (C(OH)–C–C–N with tert-alkyl or cyclic N) is 1. The van der Waals surface area contributed by atoms with Crippen LogP contribution >= 0.6 is 0 Å². The van der Waals surface area contributed by atoms with Crippen molar-refractivity contribution in [1.29, 1.82) is 0 Å². The lowest BCUT2D eigenvalue weighted by Crippen LogP contribution is -2.33. The molecule has 0 bridgehead atoms. The van der Waals surface area contributed by atoms with Gasteiger partial charge < -0.3 is 19.5 Å². The van der Waals surface area contributed by atoms with Crippen LogP contribution in [0.25, 0.3) is 0 Å². The zero-order chi connectivity index (χ0) is 13.7. The van der Waals surface area contributed by atoms with Crippen LogP contribution in [0.3, 0.4) is 0 Å². The van der Waals surface area contributed by atoms with E-state index in [-0.39, 0.29) is 0 Å². The Morgan fingerprint density at radius 3 is 2.53 bits per heavy atom. The molecule has 1 aliphatic rings. The van der Waals surface area contributed by atoms with E-state index in [2.05, 4.69) is 4.90 Å². The van der Waals surface area contributed by atoms with E-state index in [1.807, 2.05) is 18.2 Å². The summed E-state index contributed by atoms with van der Waals surface area (Å²) in [6.45, 7) is 2.80. The van der Waals surface area contributed by atoms with E-state index < -0.39 is 6.10 Å². The third kappa shape index (κ3) is 3.61. The molecular formula is C15H23NO3. The van der Waals surface area contributed by atoms with Crippen LogP contribution in [-0.4, -0.2) is 43.9 Å². The Morgan fingerprint density at radius 1 is 1.16 bits per heavy atom. The maximum absolute atomic E-state index is 10.4. The summed E-state index contributed by atoms with van der Waals surface area (Å²) in [5.74, 6) is 1.46. The van der Waals surface area contributed by atoms with Crippen LogP contribution in [0.5, 0.6) is 11.5 Å². The number of nitrogens with zero attached hydrogens (tertiary/aromatic N) is 1. The zero-order valence-electron chi connectivity index (χ0n) is 11.8. The van der Waals surface area contributed by atoms with Crippen molar-refractivity contribution in [3.8, 4) is 11.5 Å². The highest BCUT2D eigenvalue weighted by Gasteiger charge is 2.19. The lowest BCUT2D eigenvalue weighted by atomic mass is 10.1. The number of hydrogen-bond donors (Lipinski definition) is 1. The molecule has 106 valence electrons. The van der Waals surface area contributed by atoms with Gasteiger partial charge in [-0.15, -0.1) is 0 Å². The molecule has 0 amide bonds. The van der Waals surface area contributed by atoms with Crippen molar-refractivity contribution >= 4 is 0 Å². The summed E-state index contributed by atoms with van der Waals surface area (Å²) in [4.78, 5) is 2.31. The van der Waals surface area contributed by atoms with Crippen LogP contribution in [0.15, 0.2) is 18.2 Å². The molecule has 1 heterocycles. The van der Waals surface area contributed by atoms with Crippen molar-refractivity contribution in [2.45, 2.75) is 25.4 Å². The molecule has 19 heavy (non-hydrogen) atoms. The molecule has 0 aliphatic carbocycles. The number of benzene rings is 1. The molecule has 1 aromatic carbocycles.